The summed E-state index contributed by atoms with van der Waals surface area (Å²) in [4.78, 5) is 14.1. The molecule has 0 aliphatic carbocycles. The molecule has 1 aliphatic heterocycles. The van der Waals surface area contributed by atoms with Crippen LogP contribution in [0.25, 0.3) is 0 Å². The number of carbonyl (C=O) groups excluding carboxylic acids is 1. The van der Waals surface area contributed by atoms with E-state index >= 15 is 0 Å². The fraction of sp³-hybridized carbons (Fsp3) is 0.615. The number of amides is 1. The summed E-state index contributed by atoms with van der Waals surface area (Å²) < 4.78 is 10.6. The fourth-order valence-corrected chi connectivity index (χ4v) is 2.14. The molecular formula is C13H19NO3. The highest BCUT2D eigenvalue weighted by atomic mass is 16.5. The first-order valence-corrected chi connectivity index (χ1v) is 6.00. The van der Waals surface area contributed by atoms with Gasteiger partial charge in [-0.15, -0.1) is 0 Å². The van der Waals surface area contributed by atoms with Crippen molar-refractivity contribution >= 4 is 5.91 Å². The van der Waals surface area contributed by atoms with Gasteiger partial charge in [-0.25, -0.2) is 0 Å². The predicted molar refractivity (Wildman–Crippen MR) is 63.6 cm³/mol. The van der Waals surface area contributed by atoms with Crippen molar-refractivity contribution in [3.05, 3.63) is 24.2 Å². The van der Waals surface area contributed by atoms with Crippen LogP contribution < -0.4 is 0 Å². The minimum absolute atomic E-state index is 0.176. The van der Waals surface area contributed by atoms with Crippen LogP contribution in [0, 0.1) is 0 Å². The lowest BCUT2D eigenvalue weighted by atomic mass is 10.0. The molecule has 0 aromatic carbocycles. The fourth-order valence-electron chi connectivity index (χ4n) is 2.14. The summed E-state index contributed by atoms with van der Waals surface area (Å²) in [6.45, 7) is 6.01. The number of furan rings is 1. The van der Waals surface area contributed by atoms with Crippen molar-refractivity contribution in [2.45, 2.75) is 32.2 Å². The van der Waals surface area contributed by atoms with E-state index in [0.717, 1.165) is 5.76 Å². The summed E-state index contributed by atoms with van der Waals surface area (Å²) in [5.74, 6) is 1.04. The third kappa shape index (κ3) is 2.88. The molecule has 2 heterocycles. The molecule has 1 fully saturated rings. The molecule has 1 amide bonds. The van der Waals surface area contributed by atoms with Crippen LogP contribution in [-0.4, -0.2) is 36.1 Å². The molecule has 0 bridgehead atoms. The van der Waals surface area contributed by atoms with E-state index in [0.29, 0.717) is 32.6 Å². The number of rotatable bonds is 3. The maximum absolute atomic E-state index is 12.1. The quantitative estimate of drug-likeness (QED) is 0.805. The number of carbonyl (C=O) groups is 1. The number of morpholine rings is 1. The minimum atomic E-state index is -0.196. The van der Waals surface area contributed by atoms with Gasteiger partial charge in [0.1, 0.15) is 5.76 Å². The van der Waals surface area contributed by atoms with Crippen LogP contribution in [0.4, 0.5) is 0 Å². The summed E-state index contributed by atoms with van der Waals surface area (Å²) in [7, 11) is 0. The van der Waals surface area contributed by atoms with Crippen molar-refractivity contribution in [1.82, 2.24) is 4.90 Å². The van der Waals surface area contributed by atoms with E-state index in [1.807, 2.05) is 30.9 Å². The normalized spacial score (nSPS) is 19.3. The lowest BCUT2D eigenvalue weighted by Crippen LogP contribution is -2.55. The highest BCUT2D eigenvalue weighted by molar-refractivity contribution is 5.77. The molecule has 1 aromatic rings. The van der Waals surface area contributed by atoms with E-state index in [2.05, 4.69) is 0 Å². The van der Waals surface area contributed by atoms with Crippen molar-refractivity contribution in [1.29, 1.82) is 0 Å². The Morgan fingerprint density at radius 1 is 1.53 bits per heavy atom. The Labute approximate surface area is 102 Å². The summed E-state index contributed by atoms with van der Waals surface area (Å²) in [6.07, 6.45) is 2.80. The Hall–Kier alpha value is -1.29. The molecule has 0 spiro atoms. The van der Waals surface area contributed by atoms with Crippen LogP contribution in [0.15, 0.2) is 22.8 Å². The first kappa shape index (κ1) is 12.2. The topological polar surface area (TPSA) is 42.7 Å². The van der Waals surface area contributed by atoms with Gasteiger partial charge in [0.15, 0.2) is 0 Å². The summed E-state index contributed by atoms with van der Waals surface area (Å²) >= 11 is 0. The Bertz CT molecular complexity index is 370. The molecule has 1 aliphatic rings. The van der Waals surface area contributed by atoms with E-state index in [4.69, 9.17) is 9.15 Å². The van der Waals surface area contributed by atoms with Crippen molar-refractivity contribution in [2.24, 2.45) is 0 Å². The van der Waals surface area contributed by atoms with Crippen molar-refractivity contribution in [2.75, 3.05) is 19.8 Å². The second-order valence-electron chi connectivity index (χ2n) is 4.99. The van der Waals surface area contributed by atoms with Gasteiger partial charge in [-0.1, -0.05) is 0 Å². The van der Waals surface area contributed by atoms with Gasteiger partial charge >= 0.3 is 0 Å². The van der Waals surface area contributed by atoms with E-state index in [-0.39, 0.29) is 11.4 Å². The highest BCUT2D eigenvalue weighted by Gasteiger charge is 2.33. The monoisotopic (exact) mass is 237 g/mol. The smallest absolute Gasteiger partial charge is 0.223 e. The second-order valence-corrected chi connectivity index (χ2v) is 4.99. The van der Waals surface area contributed by atoms with E-state index < -0.39 is 0 Å². The Balaban J connectivity index is 1.90. The maximum atomic E-state index is 12.1. The van der Waals surface area contributed by atoms with Gasteiger partial charge in [0.05, 0.1) is 25.0 Å². The predicted octanol–water partition coefficient (Wildman–Crippen LogP) is 1.85. The molecule has 1 aromatic heterocycles. The summed E-state index contributed by atoms with van der Waals surface area (Å²) in [5, 5.41) is 0. The standard InChI is InChI=1S/C13H19NO3/c1-13(2)10-16-9-7-14(13)12(15)6-5-11-4-3-8-17-11/h3-4,8H,5-7,9-10H2,1-2H3. The van der Waals surface area contributed by atoms with Crippen LogP contribution in [0.1, 0.15) is 26.0 Å². The average Bonchev–Trinajstić information content (AvgIpc) is 2.78. The van der Waals surface area contributed by atoms with E-state index in [9.17, 15) is 4.79 Å². The van der Waals surface area contributed by atoms with Crippen molar-refractivity contribution in [3.8, 4) is 0 Å². The van der Waals surface area contributed by atoms with Crippen LogP contribution in [0.3, 0.4) is 0 Å². The Kier molecular flexibility index (Phi) is 3.52. The molecule has 0 atom stereocenters. The molecule has 0 N–H and O–H groups in total. The molecule has 2 rings (SSSR count). The van der Waals surface area contributed by atoms with Crippen LogP contribution in [0.2, 0.25) is 0 Å². The van der Waals surface area contributed by atoms with E-state index in [1.54, 1.807) is 6.26 Å². The number of aryl methyl sites for hydroxylation is 1. The van der Waals surface area contributed by atoms with Gasteiger partial charge < -0.3 is 14.1 Å². The third-order valence-corrected chi connectivity index (χ3v) is 3.11. The zero-order valence-corrected chi connectivity index (χ0v) is 10.4. The van der Waals surface area contributed by atoms with Crippen LogP contribution in [-0.2, 0) is 16.0 Å². The van der Waals surface area contributed by atoms with Gasteiger partial charge in [-0.3, -0.25) is 4.79 Å². The first-order chi connectivity index (χ1) is 8.09. The lowest BCUT2D eigenvalue weighted by molar-refractivity contribution is -0.146. The Morgan fingerprint density at radius 3 is 3.00 bits per heavy atom. The lowest BCUT2D eigenvalue weighted by Gasteiger charge is -2.42. The molecule has 17 heavy (non-hydrogen) atoms. The zero-order valence-electron chi connectivity index (χ0n) is 10.4. The van der Waals surface area contributed by atoms with Crippen molar-refractivity contribution < 1.29 is 13.9 Å². The van der Waals surface area contributed by atoms with Gasteiger partial charge in [0.2, 0.25) is 5.91 Å². The minimum Gasteiger partial charge on any atom is -0.469 e. The van der Waals surface area contributed by atoms with Crippen LogP contribution in [0.5, 0.6) is 0 Å². The van der Waals surface area contributed by atoms with E-state index in [1.165, 1.54) is 0 Å². The van der Waals surface area contributed by atoms with Crippen LogP contribution >= 0.6 is 0 Å². The molecule has 1 saturated heterocycles. The summed E-state index contributed by atoms with van der Waals surface area (Å²) in [6, 6.07) is 3.75. The average molecular weight is 237 g/mol. The number of nitrogens with zero attached hydrogens (tertiary/aromatic N) is 1. The van der Waals surface area contributed by atoms with Gasteiger partial charge in [0, 0.05) is 19.4 Å². The molecule has 4 nitrogen and oxygen atoms in total. The van der Waals surface area contributed by atoms with Gasteiger partial charge in [0.25, 0.3) is 0 Å². The SMILES string of the molecule is CC1(C)COCCN1C(=O)CCc1ccco1. The second kappa shape index (κ2) is 4.92. The molecule has 0 unspecified atom stereocenters. The number of ether oxygens (including phenoxy) is 1. The van der Waals surface area contributed by atoms with Gasteiger partial charge in [-0.05, 0) is 26.0 Å². The Morgan fingerprint density at radius 2 is 2.35 bits per heavy atom. The highest BCUT2D eigenvalue weighted by Crippen LogP contribution is 2.20. The molecule has 0 radical (unpaired) electrons. The maximum Gasteiger partial charge on any atom is 0.223 e. The largest absolute Gasteiger partial charge is 0.469 e. The first-order valence-electron chi connectivity index (χ1n) is 6.00. The molecular weight excluding hydrogens is 218 g/mol. The number of hydrogen-bond donors (Lipinski definition) is 0. The van der Waals surface area contributed by atoms with Gasteiger partial charge in [-0.2, -0.15) is 0 Å². The zero-order chi connectivity index (χ0) is 12.3. The third-order valence-electron chi connectivity index (χ3n) is 3.11. The number of hydrogen-bond acceptors (Lipinski definition) is 3. The van der Waals surface area contributed by atoms with Crippen molar-refractivity contribution in [3.63, 3.8) is 0 Å². The molecule has 0 saturated carbocycles. The summed E-state index contributed by atoms with van der Waals surface area (Å²) in [5.41, 5.74) is -0.196. The molecule has 94 valence electrons. The molecule has 4 heteroatoms.